The summed E-state index contributed by atoms with van der Waals surface area (Å²) in [5, 5.41) is 0. The third-order valence-electron chi connectivity index (χ3n) is 2.66. The van der Waals surface area contributed by atoms with Crippen molar-refractivity contribution in [3.63, 3.8) is 0 Å². The van der Waals surface area contributed by atoms with Crippen molar-refractivity contribution in [3.8, 4) is 11.5 Å². The van der Waals surface area contributed by atoms with E-state index in [9.17, 15) is 0 Å². The third kappa shape index (κ3) is 3.40. The lowest BCUT2D eigenvalue weighted by Crippen LogP contribution is -2.08. The standard InChI is InChI=1S/C14H17IN4/c1-8(2)7-11-12(15)13(16)19-14(18-11)10-6-4-5-9(3)17-10/h4-6,8H,7H2,1-3H3,(H2,16,18,19). The average molecular weight is 368 g/mol. The molecule has 0 amide bonds. The monoisotopic (exact) mass is 368 g/mol. The van der Waals surface area contributed by atoms with Crippen LogP contribution in [0, 0.1) is 16.4 Å². The molecular weight excluding hydrogens is 351 g/mol. The van der Waals surface area contributed by atoms with Crippen molar-refractivity contribution in [1.82, 2.24) is 15.0 Å². The number of anilines is 1. The van der Waals surface area contributed by atoms with Crippen LogP contribution < -0.4 is 5.73 Å². The van der Waals surface area contributed by atoms with Gasteiger partial charge >= 0.3 is 0 Å². The van der Waals surface area contributed by atoms with E-state index in [1.807, 2.05) is 25.1 Å². The van der Waals surface area contributed by atoms with Crippen molar-refractivity contribution < 1.29 is 0 Å². The lowest BCUT2D eigenvalue weighted by molar-refractivity contribution is 0.632. The summed E-state index contributed by atoms with van der Waals surface area (Å²) in [6, 6.07) is 5.82. The highest BCUT2D eigenvalue weighted by molar-refractivity contribution is 14.1. The summed E-state index contributed by atoms with van der Waals surface area (Å²) in [5.41, 5.74) is 8.71. The van der Waals surface area contributed by atoms with E-state index in [0.717, 1.165) is 27.1 Å². The number of halogens is 1. The zero-order valence-corrected chi connectivity index (χ0v) is 13.5. The number of hydrogen-bond acceptors (Lipinski definition) is 4. The Morgan fingerprint density at radius 3 is 2.58 bits per heavy atom. The fourth-order valence-electron chi connectivity index (χ4n) is 1.82. The van der Waals surface area contributed by atoms with Gasteiger partial charge in [-0.25, -0.2) is 15.0 Å². The minimum Gasteiger partial charge on any atom is -0.383 e. The Kier molecular flexibility index (Phi) is 4.34. The number of rotatable bonds is 3. The molecule has 2 aromatic rings. The SMILES string of the molecule is Cc1cccc(-c2nc(N)c(I)c(CC(C)C)n2)n1. The van der Waals surface area contributed by atoms with Crippen LogP contribution in [-0.4, -0.2) is 15.0 Å². The topological polar surface area (TPSA) is 64.7 Å². The van der Waals surface area contributed by atoms with Crippen molar-refractivity contribution in [3.05, 3.63) is 33.2 Å². The minimum absolute atomic E-state index is 0.529. The number of aryl methyl sites for hydroxylation is 1. The number of aromatic nitrogens is 3. The summed E-state index contributed by atoms with van der Waals surface area (Å²) >= 11 is 2.21. The van der Waals surface area contributed by atoms with Gasteiger partial charge in [-0.3, -0.25) is 0 Å². The number of nitrogens with zero attached hydrogens (tertiary/aromatic N) is 3. The van der Waals surface area contributed by atoms with Gasteiger partial charge in [0, 0.05) is 5.69 Å². The van der Waals surface area contributed by atoms with Gasteiger partial charge in [0.05, 0.1) is 9.26 Å². The quantitative estimate of drug-likeness (QED) is 0.845. The molecule has 0 bridgehead atoms. The Balaban J connectivity index is 2.50. The predicted molar refractivity (Wildman–Crippen MR) is 85.7 cm³/mol. The van der Waals surface area contributed by atoms with Crippen LogP contribution in [0.5, 0.6) is 0 Å². The zero-order valence-electron chi connectivity index (χ0n) is 11.3. The van der Waals surface area contributed by atoms with Gasteiger partial charge in [0.15, 0.2) is 5.82 Å². The molecule has 5 heteroatoms. The first kappa shape index (κ1) is 14.2. The summed E-state index contributed by atoms with van der Waals surface area (Å²) < 4.78 is 0.947. The molecule has 2 rings (SSSR count). The maximum absolute atomic E-state index is 5.99. The van der Waals surface area contributed by atoms with Gasteiger partial charge in [-0.05, 0) is 54.0 Å². The summed E-state index contributed by atoms with van der Waals surface area (Å²) in [4.78, 5) is 13.4. The van der Waals surface area contributed by atoms with Crippen molar-refractivity contribution >= 4 is 28.4 Å². The van der Waals surface area contributed by atoms with Crippen molar-refractivity contribution in [1.29, 1.82) is 0 Å². The highest BCUT2D eigenvalue weighted by atomic mass is 127. The molecule has 100 valence electrons. The second kappa shape index (κ2) is 5.81. The van der Waals surface area contributed by atoms with E-state index in [-0.39, 0.29) is 0 Å². The summed E-state index contributed by atoms with van der Waals surface area (Å²) in [7, 11) is 0. The lowest BCUT2D eigenvalue weighted by atomic mass is 10.1. The molecule has 4 nitrogen and oxygen atoms in total. The van der Waals surface area contributed by atoms with Crippen LogP contribution in [0.15, 0.2) is 18.2 Å². The number of nitrogen functional groups attached to an aromatic ring is 1. The molecule has 0 saturated carbocycles. The van der Waals surface area contributed by atoms with E-state index < -0.39 is 0 Å². The fraction of sp³-hybridized carbons (Fsp3) is 0.357. The predicted octanol–water partition coefficient (Wildman–Crippen LogP) is 3.23. The van der Waals surface area contributed by atoms with Crippen molar-refractivity contribution in [2.24, 2.45) is 5.92 Å². The van der Waals surface area contributed by atoms with E-state index in [1.165, 1.54) is 0 Å². The number of pyridine rings is 1. The number of nitrogens with two attached hydrogens (primary N) is 1. The molecule has 0 atom stereocenters. The maximum Gasteiger partial charge on any atom is 0.180 e. The first-order valence-corrected chi connectivity index (χ1v) is 7.31. The van der Waals surface area contributed by atoms with E-state index >= 15 is 0 Å². The molecule has 0 aliphatic carbocycles. The van der Waals surface area contributed by atoms with E-state index in [2.05, 4.69) is 51.4 Å². The van der Waals surface area contributed by atoms with Crippen LogP contribution in [0.2, 0.25) is 0 Å². The molecule has 0 aliphatic rings. The summed E-state index contributed by atoms with van der Waals surface area (Å²) in [5.74, 6) is 1.67. The van der Waals surface area contributed by atoms with Gasteiger partial charge in [0.1, 0.15) is 11.5 Å². The molecule has 2 heterocycles. The molecule has 0 unspecified atom stereocenters. The second-order valence-electron chi connectivity index (χ2n) is 4.96. The Hall–Kier alpha value is -1.24. The molecule has 0 aromatic carbocycles. The number of hydrogen-bond donors (Lipinski definition) is 1. The Morgan fingerprint density at radius 2 is 1.95 bits per heavy atom. The minimum atomic E-state index is 0.529. The van der Waals surface area contributed by atoms with E-state index in [0.29, 0.717) is 17.6 Å². The Labute approximate surface area is 127 Å². The zero-order chi connectivity index (χ0) is 14.0. The van der Waals surface area contributed by atoms with Crippen LogP contribution in [0.25, 0.3) is 11.5 Å². The average Bonchev–Trinajstić information content (AvgIpc) is 2.34. The van der Waals surface area contributed by atoms with E-state index in [1.54, 1.807) is 0 Å². The smallest absolute Gasteiger partial charge is 0.180 e. The fourth-order valence-corrected chi connectivity index (χ4v) is 2.28. The Bertz CT molecular complexity index is 596. The summed E-state index contributed by atoms with van der Waals surface area (Å²) in [6.45, 7) is 6.28. The first-order chi connectivity index (χ1) is 8.97. The summed E-state index contributed by atoms with van der Waals surface area (Å²) in [6.07, 6.45) is 0.893. The molecule has 0 radical (unpaired) electrons. The van der Waals surface area contributed by atoms with Crippen LogP contribution in [-0.2, 0) is 6.42 Å². The van der Waals surface area contributed by atoms with Crippen LogP contribution in [0.4, 0.5) is 5.82 Å². The van der Waals surface area contributed by atoms with Crippen LogP contribution in [0.1, 0.15) is 25.2 Å². The molecule has 0 saturated heterocycles. The highest BCUT2D eigenvalue weighted by Gasteiger charge is 2.13. The molecule has 2 N–H and O–H groups in total. The largest absolute Gasteiger partial charge is 0.383 e. The lowest BCUT2D eigenvalue weighted by Gasteiger charge is -2.10. The van der Waals surface area contributed by atoms with Gasteiger partial charge in [-0.1, -0.05) is 19.9 Å². The third-order valence-corrected chi connectivity index (χ3v) is 3.84. The van der Waals surface area contributed by atoms with Crippen LogP contribution in [0.3, 0.4) is 0 Å². The molecular formula is C14H17IN4. The van der Waals surface area contributed by atoms with E-state index in [4.69, 9.17) is 5.73 Å². The van der Waals surface area contributed by atoms with Crippen molar-refractivity contribution in [2.45, 2.75) is 27.2 Å². The van der Waals surface area contributed by atoms with Gasteiger partial charge < -0.3 is 5.73 Å². The van der Waals surface area contributed by atoms with Crippen molar-refractivity contribution in [2.75, 3.05) is 5.73 Å². The highest BCUT2D eigenvalue weighted by Crippen LogP contribution is 2.23. The first-order valence-electron chi connectivity index (χ1n) is 6.23. The molecule has 0 fully saturated rings. The molecule has 2 aromatic heterocycles. The molecule has 0 aliphatic heterocycles. The van der Waals surface area contributed by atoms with Gasteiger partial charge in [0.25, 0.3) is 0 Å². The Morgan fingerprint density at radius 1 is 1.21 bits per heavy atom. The molecule has 19 heavy (non-hydrogen) atoms. The normalized spacial score (nSPS) is 11.0. The van der Waals surface area contributed by atoms with Gasteiger partial charge in [0.2, 0.25) is 0 Å². The van der Waals surface area contributed by atoms with Crippen LogP contribution >= 0.6 is 22.6 Å². The molecule has 0 spiro atoms. The maximum atomic E-state index is 5.99. The van der Waals surface area contributed by atoms with Gasteiger partial charge in [-0.2, -0.15) is 0 Å². The second-order valence-corrected chi connectivity index (χ2v) is 6.03. The van der Waals surface area contributed by atoms with Gasteiger partial charge in [-0.15, -0.1) is 0 Å².